The van der Waals surface area contributed by atoms with Crippen LogP contribution in [0.2, 0.25) is 0 Å². The number of amides is 1. The Kier molecular flexibility index (Phi) is 4.49. The van der Waals surface area contributed by atoms with Gasteiger partial charge in [0.1, 0.15) is 0 Å². The third-order valence-corrected chi connectivity index (χ3v) is 3.89. The fourth-order valence-corrected chi connectivity index (χ4v) is 2.60. The molecule has 2 aromatic rings. The number of benzene rings is 1. The van der Waals surface area contributed by atoms with Gasteiger partial charge >= 0.3 is 0 Å². The molecule has 1 aromatic carbocycles. The largest absolute Gasteiger partial charge is 0.367 e. The predicted molar refractivity (Wildman–Crippen MR) is 84.0 cm³/mol. The fraction of sp³-hybridized carbons (Fsp3) is 0.333. The molecule has 1 amide bonds. The van der Waals surface area contributed by atoms with Crippen LogP contribution in [0.1, 0.15) is 30.2 Å². The quantitative estimate of drug-likeness (QED) is 0.823. The van der Waals surface area contributed by atoms with Crippen LogP contribution in [-0.2, 0) is 16.1 Å². The Hall–Kier alpha value is -2.20. The number of hydrogen-bond acceptors (Lipinski definition) is 3. The molecule has 1 heterocycles. The molecule has 1 saturated carbocycles. The van der Waals surface area contributed by atoms with Crippen molar-refractivity contribution in [3.63, 3.8) is 0 Å². The molecule has 114 valence electrons. The molecule has 0 N–H and O–H groups in total. The number of hydrogen-bond donors (Lipinski definition) is 0. The Morgan fingerprint density at radius 2 is 1.95 bits per heavy atom. The highest BCUT2D eigenvalue weighted by Gasteiger charge is 2.36. The van der Waals surface area contributed by atoms with Crippen LogP contribution in [0, 0.1) is 0 Å². The number of carbonyl (C=O) groups is 1. The highest BCUT2D eigenvalue weighted by molar-refractivity contribution is 5.83. The topological polar surface area (TPSA) is 42.4 Å². The van der Waals surface area contributed by atoms with Gasteiger partial charge < -0.3 is 9.64 Å². The molecule has 1 fully saturated rings. The first-order chi connectivity index (χ1) is 10.8. The Bertz CT molecular complexity index is 611. The SMILES string of the molecule is COC(C(=O)N(Cc1ccccn1)C1CC1)c1ccccc1. The van der Waals surface area contributed by atoms with E-state index in [1.807, 2.05) is 53.4 Å². The van der Waals surface area contributed by atoms with Gasteiger partial charge in [0.2, 0.25) is 0 Å². The van der Waals surface area contributed by atoms with Crippen molar-refractivity contribution in [1.82, 2.24) is 9.88 Å². The third-order valence-electron chi connectivity index (χ3n) is 3.89. The molecular weight excluding hydrogens is 276 g/mol. The summed E-state index contributed by atoms with van der Waals surface area (Å²) in [4.78, 5) is 19.2. The second-order valence-corrected chi connectivity index (χ2v) is 5.54. The molecule has 4 nitrogen and oxygen atoms in total. The summed E-state index contributed by atoms with van der Waals surface area (Å²) in [7, 11) is 1.58. The van der Waals surface area contributed by atoms with E-state index in [4.69, 9.17) is 4.74 Å². The standard InChI is InChI=1S/C18H20N2O2/c1-22-17(14-7-3-2-4-8-14)18(21)20(16-10-11-16)13-15-9-5-6-12-19-15/h2-9,12,16-17H,10-11,13H2,1H3. The average Bonchev–Trinajstić information content (AvgIpc) is 3.40. The third kappa shape index (κ3) is 3.34. The van der Waals surface area contributed by atoms with E-state index in [0.29, 0.717) is 12.6 Å². The first kappa shape index (κ1) is 14.7. The number of methoxy groups -OCH3 is 1. The summed E-state index contributed by atoms with van der Waals surface area (Å²) in [5.74, 6) is 0.0156. The maximum absolute atomic E-state index is 12.9. The summed E-state index contributed by atoms with van der Waals surface area (Å²) >= 11 is 0. The molecule has 1 aliphatic carbocycles. The van der Waals surface area contributed by atoms with E-state index in [1.165, 1.54) is 0 Å². The van der Waals surface area contributed by atoms with E-state index in [0.717, 1.165) is 24.1 Å². The lowest BCUT2D eigenvalue weighted by molar-refractivity contribution is -0.143. The van der Waals surface area contributed by atoms with E-state index >= 15 is 0 Å². The van der Waals surface area contributed by atoms with Crippen molar-refractivity contribution in [3.05, 3.63) is 66.0 Å². The van der Waals surface area contributed by atoms with Crippen LogP contribution >= 0.6 is 0 Å². The van der Waals surface area contributed by atoms with Crippen molar-refractivity contribution in [2.75, 3.05) is 7.11 Å². The van der Waals surface area contributed by atoms with Crippen molar-refractivity contribution < 1.29 is 9.53 Å². The second-order valence-electron chi connectivity index (χ2n) is 5.54. The lowest BCUT2D eigenvalue weighted by atomic mass is 10.1. The smallest absolute Gasteiger partial charge is 0.256 e. The molecule has 1 aliphatic rings. The molecule has 0 radical (unpaired) electrons. The molecule has 0 saturated heterocycles. The lowest BCUT2D eigenvalue weighted by Crippen LogP contribution is -2.37. The zero-order chi connectivity index (χ0) is 15.4. The minimum atomic E-state index is -0.550. The highest BCUT2D eigenvalue weighted by atomic mass is 16.5. The predicted octanol–water partition coefficient (Wildman–Crippen LogP) is 2.96. The summed E-state index contributed by atoms with van der Waals surface area (Å²) in [5, 5.41) is 0. The summed E-state index contributed by atoms with van der Waals surface area (Å²) in [5.41, 5.74) is 1.80. The molecule has 22 heavy (non-hydrogen) atoms. The number of nitrogens with zero attached hydrogens (tertiary/aromatic N) is 2. The normalized spacial score (nSPS) is 15.3. The van der Waals surface area contributed by atoms with Crippen LogP contribution in [0.4, 0.5) is 0 Å². The Balaban J connectivity index is 1.80. The van der Waals surface area contributed by atoms with Crippen LogP contribution in [-0.4, -0.2) is 28.9 Å². The van der Waals surface area contributed by atoms with Gasteiger partial charge in [-0.2, -0.15) is 0 Å². The summed E-state index contributed by atoms with van der Waals surface area (Å²) in [6.45, 7) is 0.539. The van der Waals surface area contributed by atoms with Gasteiger partial charge in [-0.1, -0.05) is 36.4 Å². The number of aromatic nitrogens is 1. The van der Waals surface area contributed by atoms with E-state index in [9.17, 15) is 4.79 Å². The first-order valence-electron chi connectivity index (χ1n) is 7.57. The lowest BCUT2D eigenvalue weighted by Gasteiger charge is -2.26. The molecule has 1 atom stereocenters. The average molecular weight is 296 g/mol. The fourth-order valence-electron chi connectivity index (χ4n) is 2.60. The zero-order valence-corrected chi connectivity index (χ0v) is 12.7. The van der Waals surface area contributed by atoms with Crippen LogP contribution in [0.25, 0.3) is 0 Å². The summed E-state index contributed by atoms with van der Waals surface area (Å²) in [6, 6.07) is 15.7. The van der Waals surface area contributed by atoms with E-state index in [-0.39, 0.29) is 5.91 Å². The van der Waals surface area contributed by atoms with Gasteiger partial charge in [-0.05, 0) is 30.5 Å². The molecule has 4 heteroatoms. The molecule has 0 aliphatic heterocycles. The van der Waals surface area contributed by atoms with Gasteiger partial charge in [0.15, 0.2) is 6.10 Å². The van der Waals surface area contributed by atoms with Crippen LogP contribution in [0.5, 0.6) is 0 Å². The maximum Gasteiger partial charge on any atom is 0.256 e. The van der Waals surface area contributed by atoms with Gasteiger partial charge in [0, 0.05) is 19.3 Å². The number of rotatable bonds is 6. The van der Waals surface area contributed by atoms with E-state index in [2.05, 4.69) is 4.98 Å². The van der Waals surface area contributed by atoms with Crippen LogP contribution in [0.3, 0.4) is 0 Å². The Morgan fingerprint density at radius 3 is 2.55 bits per heavy atom. The van der Waals surface area contributed by atoms with Crippen molar-refractivity contribution in [1.29, 1.82) is 0 Å². The van der Waals surface area contributed by atoms with Gasteiger partial charge in [-0.25, -0.2) is 0 Å². The minimum absolute atomic E-state index is 0.0156. The van der Waals surface area contributed by atoms with E-state index < -0.39 is 6.10 Å². The van der Waals surface area contributed by atoms with E-state index in [1.54, 1.807) is 13.3 Å². The molecular formula is C18H20N2O2. The second kappa shape index (κ2) is 6.71. The van der Waals surface area contributed by atoms with Crippen LogP contribution in [0.15, 0.2) is 54.7 Å². The van der Waals surface area contributed by atoms with Crippen molar-refractivity contribution >= 4 is 5.91 Å². The first-order valence-corrected chi connectivity index (χ1v) is 7.57. The Morgan fingerprint density at radius 1 is 1.23 bits per heavy atom. The monoisotopic (exact) mass is 296 g/mol. The van der Waals surface area contributed by atoms with Gasteiger partial charge in [-0.3, -0.25) is 9.78 Å². The molecule has 0 spiro atoms. The molecule has 0 bridgehead atoms. The number of pyridine rings is 1. The highest BCUT2D eigenvalue weighted by Crippen LogP contribution is 2.31. The van der Waals surface area contributed by atoms with Gasteiger partial charge in [0.05, 0.1) is 12.2 Å². The number of carbonyl (C=O) groups excluding carboxylic acids is 1. The maximum atomic E-state index is 12.9. The summed E-state index contributed by atoms with van der Waals surface area (Å²) < 4.78 is 5.48. The molecule has 1 aromatic heterocycles. The van der Waals surface area contributed by atoms with Gasteiger partial charge in [-0.15, -0.1) is 0 Å². The zero-order valence-electron chi connectivity index (χ0n) is 12.7. The minimum Gasteiger partial charge on any atom is -0.367 e. The van der Waals surface area contributed by atoms with Crippen molar-refractivity contribution in [3.8, 4) is 0 Å². The van der Waals surface area contributed by atoms with Crippen molar-refractivity contribution in [2.45, 2.75) is 31.5 Å². The number of ether oxygens (including phenoxy) is 1. The molecule has 3 rings (SSSR count). The van der Waals surface area contributed by atoms with Crippen molar-refractivity contribution in [2.24, 2.45) is 0 Å². The molecule has 1 unspecified atom stereocenters. The summed E-state index contributed by atoms with van der Waals surface area (Å²) in [6.07, 6.45) is 3.33. The van der Waals surface area contributed by atoms with Gasteiger partial charge in [0.25, 0.3) is 5.91 Å². The Labute approximate surface area is 130 Å². The van der Waals surface area contributed by atoms with Crippen LogP contribution < -0.4 is 0 Å².